The van der Waals surface area contributed by atoms with Crippen LogP contribution in [0.4, 0.5) is 4.39 Å². The number of hydrogen-bond donors (Lipinski definition) is 0. The molecule has 2 rings (SSSR count). The Balaban J connectivity index is 2.63. The van der Waals surface area contributed by atoms with Crippen molar-refractivity contribution in [3.8, 4) is 0 Å². The fourth-order valence-electron chi connectivity index (χ4n) is 1.67. The summed E-state index contributed by atoms with van der Waals surface area (Å²) in [7, 11) is 1.53. The molecule has 1 heterocycles. The fraction of sp³-hybridized carbons (Fsp3) is 0.167. The van der Waals surface area contributed by atoms with Crippen LogP contribution in [0, 0.1) is 9.39 Å². The van der Waals surface area contributed by atoms with E-state index in [4.69, 9.17) is 11.6 Å². The average Bonchev–Trinajstić information content (AvgIpc) is 2.35. The lowest BCUT2D eigenvalue weighted by Gasteiger charge is -2.10. The molecule has 0 saturated carbocycles. The largest absolute Gasteiger partial charge is 0.331 e. The first-order chi connectivity index (χ1) is 8.91. The Labute approximate surface area is 126 Å². The predicted molar refractivity (Wildman–Crippen MR) is 79.2 cm³/mol. The Hall–Kier alpha value is -1.15. The minimum Gasteiger partial charge on any atom is -0.302 e. The van der Waals surface area contributed by atoms with Crippen molar-refractivity contribution >= 4 is 34.2 Å². The molecule has 4 nitrogen and oxygen atoms in total. The highest BCUT2D eigenvalue weighted by Crippen LogP contribution is 2.19. The van der Waals surface area contributed by atoms with E-state index in [-0.39, 0.29) is 17.1 Å². The highest BCUT2D eigenvalue weighted by atomic mass is 127. The lowest BCUT2D eigenvalue weighted by atomic mass is 10.2. The van der Waals surface area contributed by atoms with E-state index in [9.17, 15) is 14.0 Å². The molecule has 19 heavy (non-hydrogen) atoms. The van der Waals surface area contributed by atoms with Crippen LogP contribution in [0.25, 0.3) is 0 Å². The third kappa shape index (κ3) is 2.74. The van der Waals surface area contributed by atoms with Gasteiger partial charge in [0.2, 0.25) is 0 Å². The molecule has 0 radical (unpaired) electrons. The van der Waals surface area contributed by atoms with Gasteiger partial charge in [-0.2, -0.15) is 0 Å². The Kier molecular flexibility index (Phi) is 4.10. The molecule has 0 spiro atoms. The van der Waals surface area contributed by atoms with Gasteiger partial charge in [-0.25, -0.2) is 9.18 Å². The maximum absolute atomic E-state index is 13.7. The Morgan fingerprint density at radius 1 is 1.37 bits per heavy atom. The summed E-state index contributed by atoms with van der Waals surface area (Å²) in [5.41, 5.74) is -0.835. The van der Waals surface area contributed by atoms with E-state index < -0.39 is 17.1 Å². The van der Waals surface area contributed by atoms with E-state index >= 15 is 0 Å². The number of rotatable bonds is 2. The molecule has 1 aromatic carbocycles. The molecule has 0 fully saturated rings. The maximum Gasteiger partial charge on any atom is 0.331 e. The summed E-state index contributed by atoms with van der Waals surface area (Å²) in [6, 6.07) is 4.23. The second-order valence-electron chi connectivity index (χ2n) is 3.96. The number of aryl methyl sites for hydroxylation is 1. The van der Waals surface area contributed by atoms with E-state index in [1.807, 2.05) is 22.6 Å². The molecule has 0 saturated heterocycles. The van der Waals surface area contributed by atoms with Gasteiger partial charge in [0, 0.05) is 23.8 Å². The van der Waals surface area contributed by atoms with E-state index in [0.29, 0.717) is 3.57 Å². The molecule has 0 atom stereocenters. The second kappa shape index (κ2) is 5.46. The van der Waals surface area contributed by atoms with Crippen LogP contribution in [-0.2, 0) is 13.6 Å². The quantitative estimate of drug-likeness (QED) is 0.731. The molecule has 0 unspecified atom stereocenters. The first kappa shape index (κ1) is 14.3. The Morgan fingerprint density at radius 3 is 2.68 bits per heavy atom. The smallest absolute Gasteiger partial charge is 0.302 e. The van der Waals surface area contributed by atoms with Gasteiger partial charge in [-0.05, 0) is 34.7 Å². The molecule has 0 aliphatic carbocycles. The van der Waals surface area contributed by atoms with E-state index in [1.165, 1.54) is 36.0 Å². The van der Waals surface area contributed by atoms with Crippen molar-refractivity contribution in [1.82, 2.24) is 9.13 Å². The van der Waals surface area contributed by atoms with Crippen molar-refractivity contribution in [2.24, 2.45) is 7.05 Å². The topological polar surface area (TPSA) is 44.0 Å². The van der Waals surface area contributed by atoms with Gasteiger partial charge in [0.25, 0.3) is 5.56 Å². The van der Waals surface area contributed by atoms with Crippen LogP contribution in [0.2, 0.25) is 5.02 Å². The summed E-state index contributed by atoms with van der Waals surface area (Å²) in [5.74, 6) is -0.541. The zero-order valence-corrected chi connectivity index (χ0v) is 12.8. The number of nitrogens with zero attached hydrogens (tertiary/aromatic N) is 2. The van der Waals surface area contributed by atoms with Gasteiger partial charge in [-0.15, -0.1) is 0 Å². The molecule has 7 heteroatoms. The van der Waals surface area contributed by atoms with E-state index in [0.717, 1.165) is 4.57 Å². The molecule has 0 amide bonds. The summed E-state index contributed by atoms with van der Waals surface area (Å²) in [4.78, 5) is 23.9. The highest BCUT2D eigenvalue weighted by molar-refractivity contribution is 14.1. The standard InChI is InChI=1S/C12H9ClFIN2O2/c1-16-6-10(15)11(18)17(12(16)19)5-7-8(13)3-2-4-9(7)14/h2-4,6H,5H2,1H3. The minimum atomic E-state index is -0.541. The van der Waals surface area contributed by atoms with Gasteiger partial charge in [0.1, 0.15) is 5.82 Å². The molecule has 100 valence electrons. The van der Waals surface area contributed by atoms with E-state index in [2.05, 4.69) is 0 Å². The van der Waals surface area contributed by atoms with Crippen LogP contribution in [0.1, 0.15) is 5.56 Å². The fourth-order valence-corrected chi connectivity index (χ4v) is 2.60. The van der Waals surface area contributed by atoms with Crippen LogP contribution >= 0.6 is 34.2 Å². The van der Waals surface area contributed by atoms with Gasteiger partial charge in [-0.3, -0.25) is 9.36 Å². The maximum atomic E-state index is 13.7. The third-order valence-electron chi connectivity index (χ3n) is 2.67. The third-order valence-corrected chi connectivity index (χ3v) is 3.76. The first-order valence-electron chi connectivity index (χ1n) is 5.30. The summed E-state index contributed by atoms with van der Waals surface area (Å²) in [6.07, 6.45) is 1.44. The van der Waals surface area contributed by atoms with Crippen molar-refractivity contribution < 1.29 is 4.39 Å². The van der Waals surface area contributed by atoms with Gasteiger partial charge in [0.05, 0.1) is 10.1 Å². The molecular formula is C12H9ClFIN2O2. The summed E-state index contributed by atoms with van der Waals surface area (Å²) < 4.78 is 16.3. The number of hydrogen-bond acceptors (Lipinski definition) is 2. The van der Waals surface area contributed by atoms with Crippen LogP contribution in [0.3, 0.4) is 0 Å². The monoisotopic (exact) mass is 394 g/mol. The van der Waals surface area contributed by atoms with Crippen LogP contribution < -0.4 is 11.2 Å². The number of halogens is 3. The molecular weight excluding hydrogens is 385 g/mol. The van der Waals surface area contributed by atoms with Gasteiger partial charge in [-0.1, -0.05) is 17.7 Å². The highest BCUT2D eigenvalue weighted by Gasteiger charge is 2.13. The Morgan fingerprint density at radius 2 is 2.05 bits per heavy atom. The summed E-state index contributed by atoms with van der Waals surface area (Å²) >= 11 is 7.73. The SMILES string of the molecule is Cn1cc(I)c(=O)n(Cc2c(F)cccc2Cl)c1=O. The molecule has 0 aliphatic rings. The van der Waals surface area contributed by atoms with Crippen molar-refractivity contribution in [2.75, 3.05) is 0 Å². The first-order valence-corrected chi connectivity index (χ1v) is 6.76. The molecule has 0 N–H and O–H groups in total. The van der Waals surface area contributed by atoms with E-state index in [1.54, 1.807) is 0 Å². The van der Waals surface area contributed by atoms with Crippen LogP contribution in [-0.4, -0.2) is 9.13 Å². The minimum absolute atomic E-state index is 0.130. The number of benzene rings is 1. The van der Waals surface area contributed by atoms with Crippen molar-refractivity contribution in [3.63, 3.8) is 0 Å². The van der Waals surface area contributed by atoms with Gasteiger partial charge >= 0.3 is 5.69 Å². The molecule has 2 aromatic rings. The summed E-state index contributed by atoms with van der Waals surface area (Å²) in [5, 5.41) is 0.188. The lowest BCUT2D eigenvalue weighted by molar-refractivity contribution is 0.576. The van der Waals surface area contributed by atoms with Crippen molar-refractivity contribution in [1.29, 1.82) is 0 Å². The molecule has 1 aromatic heterocycles. The van der Waals surface area contributed by atoms with Gasteiger partial charge in [0.15, 0.2) is 0 Å². The van der Waals surface area contributed by atoms with Crippen molar-refractivity contribution in [3.05, 3.63) is 65.2 Å². The summed E-state index contributed by atoms with van der Waals surface area (Å²) in [6.45, 7) is -0.187. The zero-order chi connectivity index (χ0) is 14.2. The number of aromatic nitrogens is 2. The van der Waals surface area contributed by atoms with Gasteiger partial charge < -0.3 is 4.57 Å². The van der Waals surface area contributed by atoms with Crippen molar-refractivity contribution in [2.45, 2.75) is 6.54 Å². The normalized spacial score (nSPS) is 10.7. The average molecular weight is 395 g/mol. The second-order valence-corrected chi connectivity index (χ2v) is 5.53. The predicted octanol–water partition coefficient (Wildman–Crippen LogP) is 1.99. The Bertz CT molecular complexity index is 700. The lowest BCUT2D eigenvalue weighted by Crippen LogP contribution is -2.40. The van der Waals surface area contributed by atoms with Crippen LogP contribution in [0.5, 0.6) is 0 Å². The van der Waals surface area contributed by atoms with Crippen LogP contribution in [0.15, 0.2) is 34.0 Å². The molecule has 0 bridgehead atoms. The molecule has 0 aliphatic heterocycles. The zero-order valence-electron chi connectivity index (χ0n) is 9.86.